The maximum absolute atomic E-state index is 6.93. The second-order valence-electron chi connectivity index (χ2n) is 3.64. The largest absolute Gasteiger partial charge is 0.241 e. The van der Waals surface area contributed by atoms with Crippen molar-refractivity contribution in [3.63, 3.8) is 0 Å². The fourth-order valence-corrected chi connectivity index (χ4v) is 1.72. The summed E-state index contributed by atoms with van der Waals surface area (Å²) in [6, 6.07) is 4.13. The second kappa shape index (κ2) is 4.67. The molecule has 0 saturated heterocycles. The molecule has 0 heterocycles. The van der Waals surface area contributed by atoms with Gasteiger partial charge < -0.3 is 0 Å². The lowest BCUT2D eigenvalue weighted by Crippen LogP contribution is -1.92. The molecule has 2 N–H and O–H groups in total. The maximum Gasteiger partial charge on any atom is 0.0918 e. The first-order valence-electron chi connectivity index (χ1n) is 4.89. The highest BCUT2D eigenvalue weighted by Crippen LogP contribution is 2.36. The van der Waals surface area contributed by atoms with E-state index in [-0.39, 0.29) is 0 Å². The van der Waals surface area contributed by atoms with Crippen LogP contribution in [0.2, 0.25) is 0 Å². The molecule has 0 saturated carbocycles. The number of nitrogens with zero attached hydrogens (tertiary/aromatic N) is 2. The Morgan fingerprint density at radius 2 is 0.938 bits per heavy atom. The summed E-state index contributed by atoms with van der Waals surface area (Å²) in [6.45, 7) is 7.73. The van der Waals surface area contributed by atoms with Gasteiger partial charge in [-0.05, 0) is 49.9 Å². The van der Waals surface area contributed by atoms with Gasteiger partial charge in [0.05, 0.1) is 23.4 Å². The Morgan fingerprint density at radius 1 is 0.688 bits per heavy atom. The first-order valence-corrected chi connectivity index (χ1v) is 4.89. The molecule has 82 valence electrons. The molecule has 0 unspecified atom stereocenters. The van der Waals surface area contributed by atoms with Crippen LogP contribution in [-0.2, 0) is 0 Å². The molecule has 0 fully saturated rings. The van der Waals surface area contributed by atoms with E-state index in [0.29, 0.717) is 0 Å². The number of benzene rings is 1. The molecule has 1 rings (SSSR count). The first-order chi connectivity index (χ1) is 7.54. The molecule has 0 amide bonds. The number of rotatable bonds is 2. The average molecular weight is 214 g/mol. The van der Waals surface area contributed by atoms with Gasteiger partial charge in [-0.25, -0.2) is 10.8 Å². The van der Waals surface area contributed by atoms with E-state index in [4.69, 9.17) is 10.8 Å². The van der Waals surface area contributed by atoms with Gasteiger partial charge in [0.15, 0.2) is 0 Å². The Hall–Kier alpha value is -2.02. The number of aliphatic imine (C=N–C) groups is 2. The molecule has 0 aliphatic heterocycles. The molecule has 1 aromatic rings. The summed E-state index contributed by atoms with van der Waals surface area (Å²) < 4.78 is 0. The van der Waals surface area contributed by atoms with Gasteiger partial charge in [0.2, 0.25) is 0 Å². The van der Waals surface area contributed by atoms with Crippen LogP contribution in [0.25, 0.3) is 0 Å². The third-order valence-corrected chi connectivity index (χ3v) is 2.88. The van der Waals surface area contributed by atoms with Crippen LogP contribution in [0.1, 0.15) is 22.3 Å². The third-order valence-electron chi connectivity index (χ3n) is 2.88. The summed E-state index contributed by atoms with van der Waals surface area (Å²) in [5.41, 5.74) is 5.42. The smallest absolute Gasteiger partial charge is 0.0918 e. The zero-order valence-corrected chi connectivity index (χ0v) is 9.89. The van der Waals surface area contributed by atoms with Crippen LogP contribution in [0.3, 0.4) is 0 Å². The van der Waals surface area contributed by atoms with Crippen molar-refractivity contribution in [3.8, 4) is 0 Å². The van der Waals surface area contributed by atoms with Crippen LogP contribution in [0.4, 0.5) is 11.4 Å². The minimum absolute atomic E-state index is 0.772. The minimum Gasteiger partial charge on any atom is -0.241 e. The van der Waals surface area contributed by atoms with Crippen LogP contribution >= 0.6 is 0 Å². The van der Waals surface area contributed by atoms with Gasteiger partial charge in [0.1, 0.15) is 0 Å². The van der Waals surface area contributed by atoms with Crippen molar-refractivity contribution in [3.05, 3.63) is 22.3 Å². The van der Waals surface area contributed by atoms with Crippen molar-refractivity contribution in [2.45, 2.75) is 27.7 Å². The van der Waals surface area contributed by atoms with Crippen LogP contribution < -0.4 is 0 Å². The van der Waals surface area contributed by atoms with Gasteiger partial charge in [-0.3, -0.25) is 0 Å². The quantitative estimate of drug-likeness (QED) is 0.705. The highest BCUT2D eigenvalue weighted by atomic mass is 14.8. The Labute approximate surface area is 94.8 Å². The third kappa shape index (κ3) is 1.84. The molecule has 1 aromatic carbocycles. The molecular formula is C12H14N4. The van der Waals surface area contributed by atoms with E-state index in [0.717, 1.165) is 33.6 Å². The molecular weight excluding hydrogens is 200 g/mol. The fourth-order valence-electron chi connectivity index (χ4n) is 1.72. The molecule has 0 aromatic heterocycles. The van der Waals surface area contributed by atoms with Gasteiger partial charge >= 0.3 is 0 Å². The highest BCUT2D eigenvalue weighted by Gasteiger charge is 2.13. The molecule has 0 radical (unpaired) electrons. The molecule has 0 aliphatic carbocycles. The lowest BCUT2D eigenvalue weighted by Gasteiger charge is -2.13. The summed E-state index contributed by atoms with van der Waals surface area (Å²) in [5.74, 6) is 0. The summed E-state index contributed by atoms with van der Waals surface area (Å²) in [6.07, 6.45) is 0. The first kappa shape index (κ1) is 12.1. The minimum atomic E-state index is 0.772. The van der Waals surface area contributed by atoms with Gasteiger partial charge in [-0.1, -0.05) is 0 Å². The van der Waals surface area contributed by atoms with Gasteiger partial charge in [0.25, 0.3) is 0 Å². The normalized spacial score (nSPS) is 9.25. The summed E-state index contributed by atoms with van der Waals surface area (Å²) in [4.78, 5) is 7.87. The zero-order chi connectivity index (χ0) is 12.3. The molecule has 0 aliphatic rings. The van der Waals surface area contributed by atoms with Crippen molar-refractivity contribution >= 4 is 23.4 Å². The van der Waals surface area contributed by atoms with Gasteiger partial charge in [-0.15, -0.1) is 0 Å². The van der Waals surface area contributed by atoms with E-state index >= 15 is 0 Å². The van der Waals surface area contributed by atoms with Crippen molar-refractivity contribution in [1.29, 1.82) is 10.8 Å². The lowest BCUT2D eigenvalue weighted by atomic mass is 9.96. The molecule has 4 nitrogen and oxygen atoms in total. The molecule has 0 bridgehead atoms. The molecule has 4 heteroatoms. The Kier molecular flexibility index (Phi) is 3.51. The van der Waals surface area contributed by atoms with E-state index < -0.39 is 0 Å². The summed E-state index contributed by atoms with van der Waals surface area (Å²) in [5, 5.41) is 13.9. The zero-order valence-electron chi connectivity index (χ0n) is 9.89. The monoisotopic (exact) mass is 214 g/mol. The van der Waals surface area contributed by atoms with E-state index in [1.807, 2.05) is 27.7 Å². The number of hydrogen-bond acceptors (Lipinski definition) is 4. The second-order valence-corrected chi connectivity index (χ2v) is 3.64. The Morgan fingerprint density at radius 3 is 1.12 bits per heavy atom. The van der Waals surface area contributed by atoms with Gasteiger partial charge in [-0.2, -0.15) is 9.98 Å². The van der Waals surface area contributed by atoms with E-state index in [9.17, 15) is 0 Å². The SMILES string of the molecule is Cc1c(C)c(N=C=N)c(C)c(C)c1N=C=N. The van der Waals surface area contributed by atoms with Crippen LogP contribution in [0.15, 0.2) is 9.98 Å². The van der Waals surface area contributed by atoms with Crippen molar-refractivity contribution in [1.82, 2.24) is 0 Å². The van der Waals surface area contributed by atoms with Crippen molar-refractivity contribution < 1.29 is 0 Å². The Balaban J connectivity index is 3.75. The van der Waals surface area contributed by atoms with Crippen LogP contribution in [0, 0.1) is 38.5 Å². The predicted octanol–water partition coefficient (Wildman–Crippen LogP) is 3.69. The topological polar surface area (TPSA) is 72.4 Å². The van der Waals surface area contributed by atoms with Gasteiger partial charge in [0, 0.05) is 0 Å². The highest BCUT2D eigenvalue weighted by molar-refractivity contribution is 5.72. The van der Waals surface area contributed by atoms with Crippen LogP contribution in [0.5, 0.6) is 0 Å². The van der Waals surface area contributed by atoms with Crippen LogP contribution in [-0.4, -0.2) is 12.0 Å². The van der Waals surface area contributed by atoms with Crippen molar-refractivity contribution in [2.24, 2.45) is 9.98 Å². The maximum atomic E-state index is 6.93. The predicted molar refractivity (Wildman–Crippen MR) is 65.0 cm³/mol. The lowest BCUT2D eigenvalue weighted by molar-refractivity contribution is 1.20. The van der Waals surface area contributed by atoms with E-state index in [1.54, 1.807) is 0 Å². The summed E-state index contributed by atoms with van der Waals surface area (Å²) in [7, 11) is 0. The molecule has 16 heavy (non-hydrogen) atoms. The average Bonchev–Trinajstić information content (AvgIpc) is 2.28. The Bertz CT molecular complexity index is 452. The number of nitrogens with one attached hydrogen (secondary N) is 2. The van der Waals surface area contributed by atoms with E-state index in [2.05, 4.69) is 22.0 Å². The molecule has 0 atom stereocenters. The standard InChI is InChI=1S/C12H14N4/c1-7-8(2)12(16-6-14)10(4)9(3)11(7)15-5-13/h13-14H,1-4H3. The number of hydrogen-bond donors (Lipinski definition) is 2. The molecule has 0 spiro atoms. The van der Waals surface area contributed by atoms with E-state index in [1.165, 1.54) is 0 Å². The summed E-state index contributed by atoms with van der Waals surface area (Å²) >= 11 is 0. The van der Waals surface area contributed by atoms with Crippen molar-refractivity contribution in [2.75, 3.05) is 0 Å². The fraction of sp³-hybridized carbons (Fsp3) is 0.333.